The summed E-state index contributed by atoms with van der Waals surface area (Å²) in [5.41, 5.74) is 6.11. The molecule has 3 unspecified atom stereocenters. The van der Waals surface area contributed by atoms with E-state index in [1.54, 1.807) is 0 Å². The third kappa shape index (κ3) is 4.36. The van der Waals surface area contributed by atoms with E-state index >= 15 is 0 Å². The molecule has 1 heterocycles. The number of likely N-dealkylation sites (tertiary alicyclic amines) is 1. The molecule has 0 aromatic heterocycles. The first-order chi connectivity index (χ1) is 9.58. The number of hydrogen-bond donors (Lipinski definition) is 1. The zero-order chi connectivity index (χ0) is 14.5. The number of rotatable bonds is 4. The molecule has 0 aromatic carbocycles. The fraction of sp³-hybridized carbons (Fsp3) is 0.938. The highest BCUT2D eigenvalue weighted by Gasteiger charge is 2.27. The van der Waals surface area contributed by atoms with Gasteiger partial charge in [-0.2, -0.15) is 0 Å². The first-order valence-corrected chi connectivity index (χ1v) is 8.70. The van der Waals surface area contributed by atoms with E-state index in [4.69, 9.17) is 17.3 Å². The molecule has 0 bridgehead atoms. The summed E-state index contributed by atoms with van der Waals surface area (Å²) >= 11 is 6.37. The van der Waals surface area contributed by atoms with Gasteiger partial charge in [0.1, 0.15) is 0 Å². The van der Waals surface area contributed by atoms with E-state index < -0.39 is 0 Å². The molecular weight excluding hydrogens is 272 g/mol. The van der Waals surface area contributed by atoms with Crippen molar-refractivity contribution < 1.29 is 4.79 Å². The van der Waals surface area contributed by atoms with Crippen LogP contribution in [0.25, 0.3) is 0 Å². The Hall–Kier alpha value is -0.280. The van der Waals surface area contributed by atoms with Gasteiger partial charge in [-0.3, -0.25) is 4.79 Å². The molecule has 2 aliphatic rings. The summed E-state index contributed by atoms with van der Waals surface area (Å²) in [6.07, 6.45) is 8.89. The van der Waals surface area contributed by atoms with E-state index in [-0.39, 0.29) is 11.9 Å². The Kier molecular flexibility index (Phi) is 6.16. The van der Waals surface area contributed by atoms with Crippen molar-refractivity contribution in [1.82, 2.24) is 4.90 Å². The van der Waals surface area contributed by atoms with E-state index in [0.29, 0.717) is 11.3 Å². The largest absolute Gasteiger partial charge is 0.341 e. The predicted octanol–water partition coefficient (Wildman–Crippen LogP) is 3.15. The van der Waals surface area contributed by atoms with Gasteiger partial charge >= 0.3 is 0 Å². The molecule has 116 valence electrons. The maximum absolute atomic E-state index is 12.3. The Balaban J connectivity index is 1.73. The Morgan fingerprint density at radius 3 is 2.55 bits per heavy atom. The highest BCUT2D eigenvalue weighted by molar-refractivity contribution is 6.20. The van der Waals surface area contributed by atoms with Gasteiger partial charge in [0, 0.05) is 18.5 Å². The van der Waals surface area contributed by atoms with Gasteiger partial charge in [0.05, 0.1) is 6.04 Å². The summed E-state index contributed by atoms with van der Waals surface area (Å²) in [5.74, 6) is 1.46. The normalized spacial score (nSPS) is 30.2. The van der Waals surface area contributed by atoms with Gasteiger partial charge in [-0.05, 0) is 50.4 Å². The highest BCUT2D eigenvalue weighted by atomic mass is 35.5. The molecule has 1 amide bonds. The minimum absolute atomic E-state index is 0.152. The molecule has 0 spiro atoms. The van der Waals surface area contributed by atoms with Crippen molar-refractivity contribution in [3.05, 3.63) is 0 Å². The van der Waals surface area contributed by atoms with Crippen LogP contribution in [-0.4, -0.2) is 35.3 Å². The van der Waals surface area contributed by atoms with Crippen LogP contribution >= 0.6 is 11.6 Å². The Morgan fingerprint density at radius 1 is 1.25 bits per heavy atom. The van der Waals surface area contributed by atoms with Crippen LogP contribution in [0.2, 0.25) is 0 Å². The molecule has 2 rings (SSSR count). The molecule has 2 N–H and O–H groups in total. The lowest BCUT2D eigenvalue weighted by atomic mass is 9.84. The second-order valence-corrected chi connectivity index (χ2v) is 7.31. The van der Waals surface area contributed by atoms with Crippen molar-refractivity contribution in [3.8, 4) is 0 Å². The van der Waals surface area contributed by atoms with Gasteiger partial charge in [-0.15, -0.1) is 11.6 Å². The number of hydrogen-bond acceptors (Lipinski definition) is 2. The van der Waals surface area contributed by atoms with E-state index in [2.05, 4.69) is 6.92 Å². The summed E-state index contributed by atoms with van der Waals surface area (Å²) in [5, 5.41) is 0.293. The number of amides is 1. The maximum Gasteiger partial charge on any atom is 0.239 e. The molecule has 3 nitrogen and oxygen atoms in total. The average Bonchev–Trinajstić information content (AvgIpc) is 2.46. The van der Waals surface area contributed by atoms with Crippen molar-refractivity contribution >= 4 is 17.5 Å². The molecule has 3 atom stereocenters. The number of carbonyl (C=O) groups excluding carboxylic acids is 1. The molecule has 1 saturated heterocycles. The molecule has 20 heavy (non-hydrogen) atoms. The quantitative estimate of drug-likeness (QED) is 0.811. The number of nitrogens with two attached hydrogens (primary N) is 1. The first-order valence-electron chi connectivity index (χ1n) is 8.26. The average molecular weight is 301 g/mol. The number of alkyl halides is 1. The lowest BCUT2D eigenvalue weighted by Crippen LogP contribution is -2.47. The summed E-state index contributed by atoms with van der Waals surface area (Å²) in [7, 11) is 0. The van der Waals surface area contributed by atoms with Crippen molar-refractivity contribution in [2.75, 3.05) is 13.1 Å². The topological polar surface area (TPSA) is 46.3 Å². The third-order valence-corrected chi connectivity index (χ3v) is 5.65. The predicted molar refractivity (Wildman–Crippen MR) is 83.8 cm³/mol. The molecule has 1 aliphatic carbocycles. The smallest absolute Gasteiger partial charge is 0.239 e. The van der Waals surface area contributed by atoms with Gasteiger partial charge in [0.25, 0.3) is 0 Å². The van der Waals surface area contributed by atoms with Gasteiger partial charge in [0.2, 0.25) is 5.91 Å². The zero-order valence-electron chi connectivity index (χ0n) is 12.7. The highest BCUT2D eigenvalue weighted by Crippen LogP contribution is 2.32. The zero-order valence-corrected chi connectivity index (χ0v) is 13.4. The number of halogens is 1. The maximum atomic E-state index is 12.3. The number of piperidine rings is 1. The Bertz CT molecular complexity index is 316. The van der Waals surface area contributed by atoms with Crippen LogP contribution < -0.4 is 5.73 Å². The SMILES string of the molecule is CC1CCN(C(=O)C(N)CCC2CCCCC2Cl)CC1. The van der Waals surface area contributed by atoms with E-state index in [1.165, 1.54) is 19.3 Å². The molecule has 1 aliphatic heterocycles. The molecule has 4 heteroatoms. The second kappa shape index (κ2) is 7.65. The van der Waals surface area contributed by atoms with Crippen molar-refractivity contribution in [2.24, 2.45) is 17.6 Å². The molecule has 0 aromatic rings. The van der Waals surface area contributed by atoms with E-state index in [0.717, 1.165) is 51.1 Å². The van der Waals surface area contributed by atoms with Crippen molar-refractivity contribution in [3.63, 3.8) is 0 Å². The van der Waals surface area contributed by atoms with Crippen LogP contribution in [0.15, 0.2) is 0 Å². The lowest BCUT2D eigenvalue weighted by molar-refractivity contribution is -0.134. The van der Waals surface area contributed by atoms with Crippen molar-refractivity contribution in [1.29, 1.82) is 0 Å². The van der Waals surface area contributed by atoms with E-state index in [1.807, 2.05) is 4.90 Å². The van der Waals surface area contributed by atoms with Crippen LogP contribution in [0.5, 0.6) is 0 Å². The summed E-state index contributed by atoms with van der Waals surface area (Å²) in [4.78, 5) is 14.3. The molecule has 1 saturated carbocycles. The molecule has 2 fully saturated rings. The summed E-state index contributed by atoms with van der Waals surface area (Å²) < 4.78 is 0. The van der Waals surface area contributed by atoms with E-state index in [9.17, 15) is 4.79 Å². The van der Waals surface area contributed by atoms with Crippen molar-refractivity contribution in [2.45, 2.75) is 69.7 Å². The van der Waals surface area contributed by atoms with Crippen LogP contribution in [-0.2, 0) is 4.79 Å². The monoisotopic (exact) mass is 300 g/mol. The summed E-state index contributed by atoms with van der Waals surface area (Å²) in [6, 6.07) is -0.325. The fourth-order valence-corrected chi connectivity index (χ4v) is 3.87. The van der Waals surface area contributed by atoms with Crippen LogP contribution in [0, 0.1) is 11.8 Å². The number of carbonyl (C=O) groups is 1. The van der Waals surface area contributed by atoms with Crippen LogP contribution in [0.1, 0.15) is 58.3 Å². The van der Waals surface area contributed by atoms with Gasteiger partial charge in [0.15, 0.2) is 0 Å². The van der Waals surface area contributed by atoms with Crippen LogP contribution in [0.3, 0.4) is 0 Å². The third-order valence-electron chi connectivity index (χ3n) is 5.08. The standard InChI is InChI=1S/C16H29ClN2O/c1-12-8-10-19(11-9-12)16(20)15(18)7-6-13-4-2-3-5-14(13)17/h12-15H,2-11,18H2,1H3. The van der Waals surface area contributed by atoms with Crippen LogP contribution in [0.4, 0.5) is 0 Å². The summed E-state index contributed by atoms with van der Waals surface area (Å²) in [6.45, 7) is 4.02. The Labute approximate surface area is 128 Å². The van der Waals surface area contributed by atoms with Gasteiger partial charge < -0.3 is 10.6 Å². The second-order valence-electron chi connectivity index (χ2n) is 6.75. The lowest BCUT2D eigenvalue weighted by Gasteiger charge is -2.33. The molecular formula is C16H29ClN2O. The van der Waals surface area contributed by atoms with Gasteiger partial charge in [-0.25, -0.2) is 0 Å². The first kappa shape index (κ1) is 16.1. The number of nitrogens with zero attached hydrogens (tertiary/aromatic N) is 1. The minimum atomic E-state index is -0.325. The fourth-order valence-electron chi connectivity index (χ4n) is 3.47. The van der Waals surface area contributed by atoms with Gasteiger partial charge in [-0.1, -0.05) is 19.8 Å². The minimum Gasteiger partial charge on any atom is -0.341 e. The molecule has 0 radical (unpaired) electrons. The Morgan fingerprint density at radius 2 is 1.90 bits per heavy atom.